The number of hydrogen-bond donors (Lipinski definition) is 0. The third kappa shape index (κ3) is 4.23. The quantitative estimate of drug-likeness (QED) is 0.579. The largest absolute Gasteiger partial charge is 0.465 e. The van der Waals surface area contributed by atoms with E-state index in [4.69, 9.17) is 0 Å². The molecule has 0 spiro atoms. The lowest BCUT2D eigenvalue weighted by Gasteiger charge is -1.99. The topological polar surface area (TPSA) is 43.4 Å². The van der Waals surface area contributed by atoms with E-state index in [2.05, 4.69) is 4.74 Å². The Labute approximate surface area is 101 Å². The van der Waals surface area contributed by atoms with E-state index in [1.807, 2.05) is 6.92 Å². The van der Waals surface area contributed by atoms with Crippen LogP contribution in [-0.2, 0) is 9.53 Å². The first kappa shape index (κ1) is 13.2. The Hall–Kier alpha value is -1.90. The molecule has 0 aromatic heterocycles. The van der Waals surface area contributed by atoms with E-state index in [0.717, 1.165) is 12.0 Å². The van der Waals surface area contributed by atoms with Gasteiger partial charge in [-0.15, -0.1) is 0 Å². The molecular weight excluding hydrogens is 216 g/mol. The van der Waals surface area contributed by atoms with Gasteiger partial charge >= 0.3 is 5.97 Å². The van der Waals surface area contributed by atoms with Crippen LogP contribution in [0.1, 0.15) is 35.7 Å². The third-order valence-corrected chi connectivity index (χ3v) is 2.29. The van der Waals surface area contributed by atoms with E-state index >= 15 is 0 Å². The molecule has 0 aliphatic heterocycles. The van der Waals surface area contributed by atoms with Gasteiger partial charge in [0.05, 0.1) is 12.7 Å². The highest BCUT2D eigenvalue weighted by atomic mass is 16.5. The van der Waals surface area contributed by atoms with Crippen LogP contribution in [0.2, 0.25) is 0 Å². The Morgan fingerprint density at radius 1 is 1.24 bits per heavy atom. The van der Waals surface area contributed by atoms with Gasteiger partial charge in [0, 0.05) is 6.42 Å². The molecule has 0 bridgehead atoms. The molecule has 1 aromatic carbocycles. The van der Waals surface area contributed by atoms with Gasteiger partial charge in [-0.3, -0.25) is 4.79 Å². The number of allylic oxidation sites excluding steroid dienone is 1. The summed E-state index contributed by atoms with van der Waals surface area (Å²) < 4.78 is 4.60. The Balaban J connectivity index is 2.68. The van der Waals surface area contributed by atoms with Crippen molar-refractivity contribution in [3.8, 4) is 0 Å². The van der Waals surface area contributed by atoms with Crippen molar-refractivity contribution in [1.29, 1.82) is 0 Å². The maximum Gasteiger partial charge on any atom is 0.337 e. The van der Waals surface area contributed by atoms with Crippen LogP contribution < -0.4 is 0 Å². The van der Waals surface area contributed by atoms with Gasteiger partial charge in [0.15, 0.2) is 5.78 Å². The summed E-state index contributed by atoms with van der Waals surface area (Å²) in [5.41, 5.74) is 1.40. The van der Waals surface area contributed by atoms with Gasteiger partial charge in [-0.05, 0) is 30.2 Å². The zero-order chi connectivity index (χ0) is 12.7. The van der Waals surface area contributed by atoms with E-state index in [-0.39, 0.29) is 11.8 Å². The number of rotatable bonds is 5. The maximum absolute atomic E-state index is 11.3. The van der Waals surface area contributed by atoms with Gasteiger partial charge in [0.1, 0.15) is 0 Å². The number of carbonyl (C=O) groups excluding carboxylic acids is 2. The number of ether oxygens (including phenoxy) is 1. The number of hydrogen-bond acceptors (Lipinski definition) is 3. The molecule has 0 saturated heterocycles. The van der Waals surface area contributed by atoms with Crippen molar-refractivity contribution in [2.45, 2.75) is 19.8 Å². The summed E-state index contributed by atoms with van der Waals surface area (Å²) in [6.07, 6.45) is 4.73. The minimum atomic E-state index is -0.359. The highest BCUT2D eigenvalue weighted by Crippen LogP contribution is 2.07. The molecule has 0 heterocycles. The summed E-state index contributed by atoms with van der Waals surface area (Å²) >= 11 is 0. The van der Waals surface area contributed by atoms with Crippen LogP contribution >= 0.6 is 0 Å². The van der Waals surface area contributed by atoms with E-state index < -0.39 is 0 Å². The zero-order valence-electron chi connectivity index (χ0n) is 10.1. The molecule has 0 unspecified atom stereocenters. The van der Waals surface area contributed by atoms with Crippen LogP contribution in [-0.4, -0.2) is 18.9 Å². The van der Waals surface area contributed by atoms with Crippen LogP contribution in [0, 0.1) is 0 Å². The maximum atomic E-state index is 11.3. The molecule has 1 aromatic rings. The fourth-order valence-corrected chi connectivity index (χ4v) is 1.37. The summed E-state index contributed by atoms with van der Waals surface area (Å²) in [4.78, 5) is 22.5. The van der Waals surface area contributed by atoms with Crippen LogP contribution in [0.4, 0.5) is 0 Å². The second-order valence-electron chi connectivity index (χ2n) is 3.66. The number of esters is 1. The molecule has 0 aliphatic rings. The molecule has 0 aliphatic carbocycles. The SMILES string of the molecule is CCCC(=O)C=Cc1ccc(C(=O)OC)cc1. The van der Waals surface area contributed by atoms with Crippen molar-refractivity contribution in [2.24, 2.45) is 0 Å². The molecule has 90 valence electrons. The van der Waals surface area contributed by atoms with E-state index in [9.17, 15) is 9.59 Å². The van der Waals surface area contributed by atoms with Crippen molar-refractivity contribution in [3.63, 3.8) is 0 Å². The lowest BCUT2D eigenvalue weighted by atomic mass is 10.1. The monoisotopic (exact) mass is 232 g/mol. The predicted octanol–water partition coefficient (Wildman–Crippen LogP) is 2.86. The minimum absolute atomic E-state index is 0.115. The van der Waals surface area contributed by atoms with Crippen molar-refractivity contribution >= 4 is 17.8 Å². The predicted molar refractivity (Wildman–Crippen MR) is 66.7 cm³/mol. The summed E-state index contributed by atoms with van der Waals surface area (Å²) in [6.45, 7) is 1.97. The van der Waals surface area contributed by atoms with Gasteiger partial charge in [0.25, 0.3) is 0 Å². The van der Waals surface area contributed by atoms with Crippen LogP contribution in [0.25, 0.3) is 6.08 Å². The van der Waals surface area contributed by atoms with Crippen LogP contribution in [0.15, 0.2) is 30.3 Å². The van der Waals surface area contributed by atoms with Crippen molar-refractivity contribution < 1.29 is 14.3 Å². The van der Waals surface area contributed by atoms with Crippen LogP contribution in [0.5, 0.6) is 0 Å². The molecule has 17 heavy (non-hydrogen) atoms. The number of carbonyl (C=O) groups is 2. The number of ketones is 1. The summed E-state index contributed by atoms with van der Waals surface area (Å²) in [5.74, 6) is -0.243. The van der Waals surface area contributed by atoms with Gasteiger partial charge in [-0.25, -0.2) is 4.79 Å². The lowest BCUT2D eigenvalue weighted by molar-refractivity contribution is -0.114. The van der Waals surface area contributed by atoms with E-state index in [1.54, 1.807) is 36.4 Å². The Morgan fingerprint density at radius 2 is 1.88 bits per heavy atom. The third-order valence-electron chi connectivity index (χ3n) is 2.29. The van der Waals surface area contributed by atoms with Crippen LogP contribution in [0.3, 0.4) is 0 Å². The molecule has 3 nitrogen and oxygen atoms in total. The molecule has 0 fully saturated rings. The summed E-state index contributed by atoms with van der Waals surface area (Å²) in [5, 5.41) is 0. The highest BCUT2D eigenvalue weighted by molar-refractivity contribution is 5.94. The smallest absolute Gasteiger partial charge is 0.337 e. The fourth-order valence-electron chi connectivity index (χ4n) is 1.37. The molecule has 0 atom stereocenters. The second-order valence-corrected chi connectivity index (χ2v) is 3.66. The van der Waals surface area contributed by atoms with Crippen molar-refractivity contribution in [3.05, 3.63) is 41.5 Å². The molecule has 1 rings (SSSR count). The lowest BCUT2D eigenvalue weighted by Crippen LogP contribution is -2.00. The van der Waals surface area contributed by atoms with Crippen molar-refractivity contribution in [1.82, 2.24) is 0 Å². The van der Waals surface area contributed by atoms with Gasteiger partial charge in [-0.1, -0.05) is 25.1 Å². The molecule has 0 saturated carbocycles. The summed E-state index contributed by atoms with van der Waals surface area (Å²) in [6, 6.07) is 6.91. The Kier molecular flexibility index (Phi) is 5.14. The average Bonchev–Trinajstić information content (AvgIpc) is 2.36. The first-order chi connectivity index (χ1) is 8.17. The molecule has 0 radical (unpaired) electrons. The van der Waals surface area contributed by atoms with Gasteiger partial charge in [0.2, 0.25) is 0 Å². The minimum Gasteiger partial charge on any atom is -0.465 e. The molecular formula is C14H16O3. The van der Waals surface area contributed by atoms with E-state index in [0.29, 0.717) is 12.0 Å². The fraction of sp³-hybridized carbons (Fsp3) is 0.286. The average molecular weight is 232 g/mol. The Bertz CT molecular complexity index is 416. The standard InChI is InChI=1S/C14H16O3/c1-3-4-13(15)10-7-11-5-8-12(9-6-11)14(16)17-2/h5-10H,3-4H2,1-2H3. The van der Waals surface area contributed by atoms with Crippen molar-refractivity contribution in [2.75, 3.05) is 7.11 Å². The highest BCUT2D eigenvalue weighted by Gasteiger charge is 2.03. The van der Waals surface area contributed by atoms with Gasteiger partial charge in [-0.2, -0.15) is 0 Å². The Morgan fingerprint density at radius 3 is 2.41 bits per heavy atom. The normalized spacial score (nSPS) is 10.5. The molecule has 0 N–H and O–H groups in total. The summed E-state index contributed by atoms with van der Waals surface area (Å²) in [7, 11) is 1.35. The number of methoxy groups -OCH3 is 1. The zero-order valence-corrected chi connectivity index (χ0v) is 10.1. The van der Waals surface area contributed by atoms with Gasteiger partial charge < -0.3 is 4.74 Å². The molecule has 0 amide bonds. The first-order valence-corrected chi connectivity index (χ1v) is 5.56. The second kappa shape index (κ2) is 6.63. The number of benzene rings is 1. The van der Waals surface area contributed by atoms with E-state index in [1.165, 1.54) is 7.11 Å². The first-order valence-electron chi connectivity index (χ1n) is 5.56. The molecule has 3 heteroatoms.